The molecule has 0 radical (unpaired) electrons. The van der Waals surface area contributed by atoms with Gasteiger partial charge in [-0.2, -0.15) is 0 Å². The Morgan fingerprint density at radius 2 is 1.85 bits per heavy atom. The summed E-state index contributed by atoms with van der Waals surface area (Å²) in [6.07, 6.45) is 1.67. The van der Waals surface area contributed by atoms with Crippen LogP contribution in [-0.4, -0.2) is 16.1 Å². The van der Waals surface area contributed by atoms with E-state index in [1.165, 1.54) is 16.9 Å². The van der Waals surface area contributed by atoms with Gasteiger partial charge < -0.3 is 5.11 Å². The maximum absolute atomic E-state index is 11.3. The summed E-state index contributed by atoms with van der Waals surface area (Å²) < 4.78 is 0. The highest BCUT2D eigenvalue weighted by Gasteiger charge is 2.26. The molecule has 1 N–H and O–H groups in total. The number of aryl methyl sites for hydroxylation is 2. The molecule has 4 heteroatoms. The maximum atomic E-state index is 11.3. The van der Waals surface area contributed by atoms with Crippen molar-refractivity contribution in [3.8, 4) is 0 Å². The zero-order valence-corrected chi connectivity index (χ0v) is 12.8. The van der Waals surface area contributed by atoms with Crippen LogP contribution in [0.25, 0.3) is 0 Å². The fourth-order valence-electron chi connectivity index (χ4n) is 2.02. The molecule has 0 bridgehead atoms. The van der Waals surface area contributed by atoms with Gasteiger partial charge in [-0.15, -0.1) is 11.3 Å². The van der Waals surface area contributed by atoms with E-state index in [2.05, 4.69) is 17.1 Å². The lowest BCUT2D eigenvalue weighted by Gasteiger charge is -2.16. The number of carboxylic acids is 1. The van der Waals surface area contributed by atoms with Gasteiger partial charge in [0.15, 0.2) is 0 Å². The number of aromatic nitrogens is 1. The summed E-state index contributed by atoms with van der Waals surface area (Å²) in [5.41, 5.74) is 1.70. The van der Waals surface area contributed by atoms with Gasteiger partial charge in [0.1, 0.15) is 4.88 Å². The Morgan fingerprint density at radius 3 is 2.35 bits per heavy atom. The lowest BCUT2D eigenvalue weighted by molar-refractivity contribution is 0.0699. The average molecular weight is 289 g/mol. The van der Waals surface area contributed by atoms with Crippen molar-refractivity contribution in [2.75, 3.05) is 0 Å². The van der Waals surface area contributed by atoms with Crippen molar-refractivity contribution in [3.63, 3.8) is 0 Å². The number of hydrogen-bond acceptors (Lipinski definition) is 3. The van der Waals surface area contributed by atoms with Gasteiger partial charge in [-0.1, -0.05) is 51.1 Å². The van der Waals surface area contributed by atoms with Crippen molar-refractivity contribution >= 4 is 17.3 Å². The zero-order valence-electron chi connectivity index (χ0n) is 12.0. The summed E-state index contributed by atoms with van der Waals surface area (Å²) in [5.74, 6) is -0.876. The summed E-state index contributed by atoms with van der Waals surface area (Å²) in [6, 6.07) is 10.2. The Bertz CT molecular complexity index is 597. The van der Waals surface area contributed by atoms with E-state index >= 15 is 0 Å². The number of aromatic carboxylic acids is 1. The third-order valence-corrected chi connectivity index (χ3v) is 4.15. The van der Waals surface area contributed by atoms with Crippen LogP contribution >= 0.6 is 11.3 Å². The van der Waals surface area contributed by atoms with E-state index in [1.54, 1.807) is 0 Å². The Morgan fingerprint density at radius 1 is 1.20 bits per heavy atom. The molecule has 0 spiro atoms. The second kappa shape index (κ2) is 5.75. The second-order valence-electron chi connectivity index (χ2n) is 5.83. The van der Waals surface area contributed by atoms with E-state index in [1.807, 2.05) is 39.0 Å². The van der Waals surface area contributed by atoms with Crippen LogP contribution in [0, 0.1) is 0 Å². The normalized spacial score (nSPS) is 11.6. The molecule has 0 saturated carbocycles. The molecule has 0 aliphatic carbocycles. The third-order valence-electron chi connectivity index (χ3n) is 3.05. The van der Waals surface area contributed by atoms with E-state index in [4.69, 9.17) is 0 Å². The average Bonchev–Trinajstić information content (AvgIpc) is 2.82. The monoisotopic (exact) mass is 289 g/mol. The zero-order chi connectivity index (χ0) is 14.8. The largest absolute Gasteiger partial charge is 0.477 e. The van der Waals surface area contributed by atoms with E-state index in [9.17, 15) is 9.90 Å². The summed E-state index contributed by atoms with van der Waals surface area (Å²) in [4.78, 5) is 16.3. The second-order valence-corrected chi connectivity index (χ2v) is 6.91. The van der Waals surface area contributed by atoms with Gasteiger partial charge in [0.05, 0.1) is 10.7 Å². The molecule has 0 aliphatic heterocycles. The van der Waals surface area contributed by atoms with E-state index in [-0.39, 0.29) is 5.41 Å². The van der Waals surface area contributed by atoms with Crippen molar-refractivity contribution < 1.29 is 9.90 Å². The molecule has 2 rings (SSSR count). The van der Waals surface area contributed by atoms with Crippen molar-refractivity contribution in [3.05, 3.63) is 51.5 Å². The highest BCUT2D eigenvalue weighted by atomic mass is 32.1. The van der Waals surface area contributed by atoms with Crippen LogP contribution in [0.3, 0.4) is 0 Å². The molecule has 0 aliphatic rings. The van der Waals surface area contributed by atoms with Crippen LogP contribution in [0.5, 0.6) is 0 Å². The standard InChI is InChI=1S/C16H19NO2S/c1-16(2,3)14-13(15(18)19)20-12(17-14)10-9-11-7-5-4-6-8-11/h4-8H,9-10H2,1-3H3,(H,18,19). The minimum absolute atomic E-state index is 0.241. The Labute approximate surface area is 123 Å². The van der Waals surface area contributed by atoms with Crippen LogP contribution in [0.4, 0.5) is 0 Å². The lowest BCUT2D eigenvalue weighted by Crippen LogP contribution is -2.16. The number of carboxylic acid groups (broad SMARTS) is 1. The third kappa shape index (κ3) is 3.45. The first kappa shape index (κ1) is 14.7. The molecular weight excluding hydrogens is 270 g/mol. The highest BCUT2D eigenvalue weighted by molar-refractivity contribution is 7.13. The number of thiazole rings is 1. The summed E-state index contributed by atoms with van der Waals surface area (Å²) in [5, 5.41) is 10.2. The van der Waals surface area contributed by atoms with E-state index < -0.39 is 5.97 Å². The first-order valence-corrected chi connectivity index (χ1v) is 7.47. The minimum Gasteiger partial charge on any atom is -0.477 e. The van der Waals surface area contributed by atoms with E-state index in [0.29, 0.717) is 10.6 Å². The van der Waals surface area contributed by atoms with Crippen molar-refractivity contribution in [1.29, 1.82) is 0 Å². The molecule has 20 heavy (non-hydrogen) atoms. The molecule has 1 heterocycles. The molecular formula is C16H19NO2S. The predicted octanol–water partition coefficient (Wildman–Crippen LogP) is 3.92. The Hall–Kier alpha value is -1.68. The molecule has 2 aromatic rings. The van der Waals surface area contributed by atoms with Crippen molar-refractivity contribution in [2.45, 2.75) is 39.0 Å². The van der Waals surface area contributed by atoms with Gasteiger partial charge in [0.2, 0.25) is 0 Å². The molecule has 0 amide bonds. The van der Waals surface area contributed by atoms with Crippen molar-refractivity contribution in [2.24, 2.45) is 0 Å². The topological polar surface area (TPSA) is 50.2 Å². The molecule has 1 aromatic carbocycles. The number of rotatable bonds is 4. The van der Waals surface area contributed by atoms with Gasteiger partial charge in [0.25, 0.3) is 0 Å². The number of benzene rings is 1. The predicted molar refractivity (Wildman–Crippen MR) is 81.6 cm³/mol. The first-order valence-electron chi connectivity index (χ1n) is 6.65. The molecule has 0 fully saturated rings. The Balaban J connectivity index is 2.19. The van der Waals surface area contributed by atoms with Crippen LogP contribution in [0.15, 0.2) is 30.3 Å². The summed E-state index contributed by atoms with van der Waals surface area (Å²) >= 11 is 1.30. The minimum atomic E-state index is -0.876. The Kier molecular flexibility index (Phi) is 4.23. The first-order chi connectivity index (χ1) is 9.38. The molecule has 3 nitrogen and oxygen atoms in total. The molecule has 106 valence electrons. The van der Waals surface area contributed by atoms with Gasteiger partial charge >= 0.3 is 5.97 Å². The van der Waals surface area contributed by atoms with Gasteiger partial charge in [-0.05, 0) is 12.0 Å². The van der Waals surface area contributed by atoms with Crippen LogP contribution in [0.2, 0.25) is 0 Å². The van der Waals surface area contributed by atoms with Gasteiger partial charge in [0, 0.05) is 11.8 Å². The van der Waals surface area contributed by atoms with Crippen LogP contribution in [-0.2, 0) is 18.3 Å². The van der Waals surface area contributed by atoms with E-state index in [0.717, 1.165) is 17.8 Å². The quantitative estimate of drug-likeness (QED) is 0.928. The number of nitrogens with zero attached hydrogens (tertiary/aromatic N) is 1. The SMILES string of the molecule is CC(C)(C)c1nc(CCc2ccccc2)sc1C(=O)O. The fourth-order valence-corrected chi connectivity index (χ4v) is 3.13. The number of hydrogen-bond donors (Lipinski definition) is 1. The fraction of sp³-hybridized carbons (Fsp3) is 0.375. The number of carbonyl (C=O) groups is 1. The van der Waals surface area contributed by atoms with Crippen LogP contribution in [0.1, 0.15) is 46.7 Å². The summed E-state index contributed by atoms with van der Waals surface area (Å²) in [7, 11) is 0. The smallest absolute Gasteiger partial charge is 0.347 e. The molecule has 1 aromatic heterocycles. The van der Waals surface area contributed by atoms with Gasteiger partial charge in [-0.25, -0.2) is 9.78 Å². The lowest BCUT2D eigenvalue weighted by atomic mass is 9.91. The summed E-state index contributed by atoms with van der Waals surface area (Å²) in [6.45, 7) is 5.99. The highest BCUT2D eigenvalue weighted by Crippen LogP contribution is 2.30. The van der Waals surface area contributed by atoms with Crippen molar-refractivity contribution in [1.82, 2.24) is 4.98 Å². The maximum Gasteiger partial charge on any atom is 0.347 e. The van der Waals surface area contributed by atoms with Crippen LogP contribution < -0.4 is 0 Å². The van der Waals surface area contributed by atoms with Gasteiger partial charge in [-0.3, -0.25) is 0 Å². The molecule has 0 atom stereocenters. The molecule has 0 unspecified atom stereocenters. The molecule has 0 saturated heterocycles.